The summed E-state index contributed by atoms with van der Waals surface area (Å²) < 4.78 is 0.705. The number of anilines is 1. The minimum absolute atomic E-state index is 0.343. The number of nitrogens with two attached hydrogens (primary N) is 1. The van der Waals surface area contributed by atoms with Gasteiger partial charge in [0.15, 0.2) is 0 Å². The fourth-order valence-electron chi connectivity index (χ4n) is 1.27. The van der Waals surface area contributed by atoms with E-state index in [1.807, 2.05) is 22.6 Å². The Morgan fingerprint density at radius 3 is 2.62 bits per heavy atom. The number of hydrogen-bond acceptors (Lipinski definition) is 3. The molecule has 1 heterocycles. The third-order valence-corrected chi connectivity index (χ3v) is 2.66. The average molecular weight is 288 g/mol. The number of halogens is 1. The van der Waals surface area contributed by atoms with Crippen molar-refractivity contribution in [3.8, 4) is 0 Å². The molecule has 0 aliphatic carbocycles. The van der Waals surface area contributed by atoms with Crippen molar-refractivity contribution in [2.45, 2.75) is 0 Å². The minimum atomic E-state index is -0.370. The van der Waals surface area contributed by atoms with Crippen LogP contribution in [-0.4, -0.2) is 11.8 Å². The number of fused-ring (bicyclic) bond motifs is 1. The van der Waals surface area contributed by atoms with Crippen LogP contribution >= 0.6 is 22.6 Å². The van der Waals surface area contributed by atoms with Gasteiger partial charge in [0.25, 0.3) is 11.8 Å². The lowest BCUT2D eigenvalue weighted by Crippen LogP contribution is -2.20. The molecule has 1 aliphatic heterocycles. The summed E-state index contributed by atoms with van der Waals surface area (Å²) in [4.78, 5) is 22.4. The van der Waals surface area contributed by atoms with Crippen LogP contribution in [0.25, 0.3) is 0 Å². The lowest BCUT2D eigenvalue weighted by atomic mass is 10.1. The molecule has 0 radical (unpaired) electrons. The van der Waals surface area contributed by atoms with Crippen molar-refractivity contribution in [3.05, 3.63) is 26.8 Å². The van der Waals surface area contributed by atoms with Crippen molar-refractivity contribution in [1.29, 1.82) is 0 Å². The summed E-state index contributed by atoms with van der Waals surface area (Å²) in [6.07, 6.45) is 0. The monoisotopic (exact) mass is 288 g/mol. The molecule has 0 atom stereocenters. The number of amides is 2. The van der Waals surface area contributed by atoms with Gasteiger partial charge in [0.05, 0.1) is 11.1 Å². The maximum absolute atomic E-state index is 11.2. The van der Waals surface area contributed by atoms with Gasteiger partial charge in [0.2, 0.25) is 0 Å². The van der Waals surface area contributed by atoms with Crippen LogP contribution in [0.4, 0.5) is 5.69 Å². The maximum atomic E-state index is 11.2. The molecule has 0 bridgehead atoms. The largest absolute Gasteiger partial charge is 0.399 e. The lowest BCUT2D eigenvalue weighted by Gasteiger charge is -1.99. The van der Waals surface area contributed by atoms with Crippen LogP contribution in [0.2, 0.25) is 0 Å². The van der Waals surface area contributed by atoms with Gasteiger partial charge in [-0.1, -0.05) is 0 Å². The number of carbonyl (C=O) groups excluding carboxylic acids is 2. The molecule has 2 amide bonds. The van der Waals surface area contributed by atoms with Crippen molar-refractivity contribution in [1.82, 2.24) is 5.32 Å². The first-order chi connectivity index (χ1) is 6.09. The molecule has 0 saturated carbocycles. The van der Waals surface area contributed by atoms with Crippen LogP contribution in [0.1, 0.15) is 20.7 Å². The SMILES string of the molecule is Nc1cc(I)c2c(c1)C(=O)NC2=O. The minimum Gasteiger partial charge on any atom is -0.399 e. The standard InChI is InChI=1S/C8H5IN2O2/c9-5-2-3(10)1-4-6(5)8(13)11-7(4)12/h1-2H,10H2,(H,11,12,13). The summed E-state index contributed by atoms with van der Waals surface area (Å²) in [6, 6.07) is 3.18. The summed E-state index contributed by atoms with van der Waals surface area (Å²) in [5.74, 6) is -0.713. The second-order valence-electron chi connectivity index (χ2n) is 2.71. The van der Waals surface area contributed by atoms with Crippen molar-refractivity contribution in [2.24, 2.45) is 0 Å². The van der Waals surface area contributed by atoms with Gasteiger partial charge >= 0.3 is 0 Å². The molecule has 2 rings (SSSR count). The number of nitrogens with one attached hydrogen (secondary N) is 1. The molecular formula is C8H5IN2O2. The maximum Gasteiger partial charge on any atom is 0.260 e. The van der Waals surface area contributed by atoms with Gasteiger partial charge in [0.1, 0.15) is 0 Å². The van der Waals surface area contributed by atoms with Crippen LogP contribution in [0.5, 0.6) is 0 Å². The number of imide groups is 1. The van der Waals surface area contributed by atoms with Crippen LogP contribution in [-0.2, 0) is 0 Å². The van der Waals surface area contributed by atoms with Gasteiger partial charge in [-0.15, -0.1) is 0 Å². The molecule has 0 saturated heterocycles. The first-order valence-corrected chi connectivity index (χ1v) is 4.62. The third-order valence-electron chi connectivity index (χ3n) is 1.81. The van der Waals surface area contributed by atoms with Crippen LogP contribution < -0.4 is 11.1 Å². The number of benzene rings is 1. The molecule has 66 valence electrons. The smallest absolute Gasteiger partial charge is 0.260 e. The molecule has 0 unspecified atom stereocenters. The van der Waals surface area contributed by atoms with E-state index < -0.39 is 0 Å². The van der Waals surface area contributed by atoms with Crippen LogP contribution in [0.3, 0.4) is 0 Å². The van der Waals surface area contributed by atoms with E-state index in [-0.39, 0.29) is 11.8 Å². The highest BCUT2D eigenvalue weighted by molar-refractivity contribution is 14.1. The highest BCUT2D eigenvalue weighted by Crippen LogP contribution is 2.24. The summed E-state index contributed by atoms with van der Waals surface area (Å²) in [5, 5.41) is 2.21. The quantitative estimate of drug-likeness (QED) is 0.420. The van der Waals surface area contributed by atoms with E-state index in [2.05, 4.69) is 5.32 Å². The first-order valence-electron chi connectivity index (χ1n) is 3.54. The Morgan fingerprint density at radius 2 is 1.92 bits per heavy atom. The molecule has 5 heteroatoms. The summed E-state index contributed by atoms with van der Waals surface area (Å²) in [6.45, 7) is 0. The Labute approximate surface area is 87.6 Å². The van der Waals surface area contributed by atoms with Crippen LogP contribution in [0, 0.1) is 3.57 Å². The Balaban J connectivity index is 2.77. The van der Waals surface area contributed by atoms with Crippen LogP contribution in [0.15, 0.2) is 12.1 Å². The normalized spacial score (nSPS) is 14.2. The Morgan fingerprint density at radius 1 is 1.23 bits per heavy atom. The van der Waals surface area contributed by atoms with Gasteiger partial charge in [-0.2, -0.15) is 0 Å². The summed E-state index contributed by atoms with van der Waals surface area (Å²) in [5.41, 5.74) is 6.84. The predicted molar refractivity (Wildman–Crippen MR) is 55.4 cm³/mol. The van der Waals surface area contributed by atoms with Crippen molar-refractivity contribution >= 4 is 40.1 Å². The van der Waals surface area contributed by atoms with E-state index in [0.29, 0.717) is 20.4 Å². The van der Waals surface area contributed by atoms with Gasteiger partial charge in [0, 0.05) is 9.26 Å². The Kier molecular flexibility index (Phi) is 1.76. The number of carbonyl (C=O) groups is 2. The molecule has 4 nitrogen and oxygen atoms in total. The van der Waals surface area contributed by atoms with E-state index in [1.54, 1.807) is 6.07 Å². The lowest BCUT2D eigenvalue weighted by molar-refractivity contribution is 0.0879. The van der Waals surface area contributed by atoms with E-state index >= 15 is 0 Å². The molecule has 0 spiro atoms. The van der Waals surface area contributed by atoms with Gasteiger partial charge in [-0.05, 0) is 34.7 Å². The molecule has 0 aromatic heterocycles. The Hall–Kier alpha value is -1.11. The van der Waals surface area contributed by atoms with Gasteiger partial charge < -0.3 is 5.73 Å². The van der Waals surface area contributed by atoms with Gasteiger partial charge in [-0.3, -0.25) is 14.9 Å². The number of rotatable bonds is 0. The average Bonchev–Trinajstić information content (AvgIpc) is 2.27. The molecule has 1 aromatic carbocycles. The molecule has 0 fully saturated rings. The zero-order valence-electron chi connectivity index (χ0n) is 6.43. The van der Waals surface area contributed by atoms with Crippen molar-refractivity contribution < 1.29 is 9.59 Å². The van der Waals surface area contributed by atoms with Crippen molar-refractivity contribution in [2.75, 3.05) is 5.73 Å². The summed E-state index contributed by atoms with van der Waals surface area (Å²) in [7, 11) is 0. The van der Waals surface area contributed by atoms with E-state index in [0.717, 1.165) is 0 Å². The highest BCUT2D eigenvalue weighted by Gasteiger charge is 2.29. The molecule has 13 heavy (non-hydrogen) atoms. The van der Waals surface area contributed by atoms with Gasteiger partial charge in [-0.25, -0.2) is 0 Å². The molecule has 3 N–H and O–H groups in total. The van der Waals surface area contributed by atoms with E-state index in [4.69, 9.17) is 5.73 Å². The topological polar surface area (TPSA) is 72.2 Å². The zero-order chi connectivity index (χ0) is 9.59. The number of nitrogen functional groups attached to an aromatic ring is 1. The fourth-order valence-corrected chi connectivity index (χ4v) is 2.17. The fraction of sp³-hybridized carbons (Fsp3) is 0. The second-order valence-corrected chi connectivity index (χ2v) is 3.87. The number of hydrogen-bond donors (Lipinski definition) is 2. The molecule has 1 aromatic rings. The predicted octanol–water partition coefficient (Wildman–Crippen LogP) is 0.757. The molecular weight excluding hydrogens is 283 g/mol. The zero-order valence-corrected chi connectivity index (χ0v) is 8.58. The highest BCUT2D eigenvalue weighted by atomic mass is 127. The summed E-state index contributed by atoms with van der Waals surface area (Å²) >= 11 is 1.98. The Bertz CT molecular complexity index is 428. The second kappa shape index (κ2) is 2.69. The van der Waals surface area contributed by atoms with Crippen molar-refractivity contribution in [3.63, 3.8) is 0 Å². The molecule has 1 aliphatic rings. The first kappa shape index (κ1) is 8.49. The van der Waals surface area contributed by atoms with E-state index in [9.17, 15) is 9.59 Å². The third kappa shape index (κ3) is 1.19. The van der Waals surface area contributed by atoms with E-state index in [1.165, 1.54) is 6.07 Å².